The lowest BCUT2D eigenvalue weighted by atomic mass is 10.0. The first-order valence-electron chi connectivity index (χ1n) is 7.73. The molecule has 0 aliphatic rings. The third kappa shape index (κ3) is 6.73. The summed E-state index contributed by atoms with van der Waals surface area (Å²) in [5.41, 5.74) is 0.0753. The summed E-state index contributed by atoms with van der Waals surface area (Å²) in [6.45, 7) is 3.13. The minimum atomic E-state index is -3.13. The van der Waals surface area contributed by atoms with E-state index in [-0.39, 0.29) is 5.57 Å². The lowest BCUT2D eigenvalue weighted by Gasteiger charge is -2.53. The van der Waals surface area contributed by atoms with Crippen molar-refractivity contribution in [3.05, 3.63) is 11.6 Å². The van der Waals surface area contributed by atoms with E-state index in [2.05, 4.69) is 0 Å². The molecule has 0 aromatic carbocycles. The number of hydrogen-bond donors (Lipinski definition) is 0. The summed E-state index contributed by atoms with van der Waals surface area (Å²) in [4.78, 5) is 12.3. The van der Waals surface area contributed by atoms with Crippen LogP contribution in [-0.2, 0) is 9.53 Å². The summed E-state index contributed by atoms with van der Waals surface area (Å²) in [6, 6.07) is 0. The Bertz CT molecular complexity index is 762. The number of hydrogen-bond acceptors (Lipinski definition) is 2. The molecule has 0 spiro atoms. The Morgan fingerprint density at radius 3 is 1.21 bits per heavy atom. The van der Waals surface area contributed by atoms with Gasteiger partial charge in [0.15, 0.2) is 17.3 Å². The van der Waals surface area contributed by atoms with Crippen LogP contribution in [-0.4, -0.2) is 40.3 Å². The van der Waals surface area contributed by atoms with Crippen molar-refractivity contribution in [1.82, 2.24) is 0 Å². The molecule has 0 amide bonds. The standard InChI is InChI=1S/C14H9Cl17O2/c1-3-4-5(2)6(32)33-14(30,31)12(25,26)10(21,22)8(17,18)7(15,16)9(19,20)11(23,24)13(27,28)29/h4H,3H2,1-2H3. The van der Waals surface area contributed by atoms with E-state index in [4.69, 9.17) is 202 Å². The molecular weight excluding hydrogens is 803 g/mol. The fourth-order valence-corrected chi connectivity index (χ4v) is 6.80. The van der Waals surface area contributed by atoms with E-state index in [1.165, 1.54) is 13.0 Å². The number of ether oxygens (including phenoxy) is 1. The largest absolute Gasteiger partial charge is 0.422 e. The minimum Gasteiger partial charge on any atom is -0.422 e. The van der Waals surface area contributed by atoms with Gasteiger partial charge in [-0.3, -0.25) is 0 Å². The van der Waals surface area contributed by atoms with Gasteiger partial charge in [0.05, 0.1) is 0 Å². The molecule has 0 heterocycles. The molecule has 0 aromatic rings. The predicted octanol–water partition coefficient (Wildman–Crippen LogP) is 11.4. The van der Waals surface area contributed by atoms with Crippen molar-refractivity contribution >= 4 is 203 Å². The first-order chi connectivity index (χ1) is 14.1. The molecule has 0 unspecified atom stereocenters. The van der Waals surface area contributed by atoms with Crippen molar-refractivity contribution in [2.45, 2.75) is 54.6 Å². The van der Waals surface area contributed by atoms with Gasteiger partial charge in [-0.2, -0.15) is 0 Å². The summed E-state index contributed by atoms with van der Waals surface area (Å²) in [5, 5.41) is 0. The molecule has 0 aliphatic carbocycles. The van der Waals surface area contributed by atoms with Crippen LogP contribution in [0.4, 0.5) is 0 Å². The fourth-order valence-electron chi connectivity index (χ4n) is 1.80. The Hall–Kier alpha value is 4.14. The van der Waals surface area contributed by atoms with Crippen LogP contribution in [0.15, 0.2) is 11.6 Å². The predicted molar refractivity (Wildman–Crippen MR) is 151 cm³/mol. The molecule has 196 valence electrons. The van der Waals surface area contributed by atoms with Crippen LogP contribution < -0.4 is 0 Å². The first kappa shape index (κ1) is 37.1. The van der Waals surface area contributed by atoms with E-state index < -0.39 is 40.3 Å². The number of rotatable bonds is 9. The molecule has 0 radical (unpaired) electrons. The Balaban J connectivity index is 6.64. The van der Waals surface area contributed by atoms with Gasteiger partial charge >= 0.3 is 5.97 Å². The minimum absolute atomic E-state index is 0.0753. The van der Waals surface area contributed by atoms with Crippen molar-refractivity contribution in [1.29, 1.82) is 0 Å². The number of alkyl halides is 17. The number of halogens is 17. The number of carbonyl (C=O) groups is 1. The lowest BCUT2D eigenvalue weighted by Crippen LogP contribution is -2.70. The fraction of sp³-hybridized carbons (Fsp3) is 0.786. The maximum absolute atomic E-state index is 12.3. The van der Waals surface area contributed by atoms with Crippen molar-refractivity contribution < 1.29 is 9.53 Å². The van der Waals surface area contributed by atoms with Crippen LogP contribution in [0.2, 0.25) is 0 Å². The van der Waals surface area contributed by atoms with Gasteiger partial charge in [0.2, 0.25) is 12.5 Å². The van der Waals surface area contributed by atoms with E-state index in [9.17, 15) is 4.79 Å². The van der Waals surface area contributed by atoms with Crippen molar-refractivity contribution in [2.75, 3.05) is 0 Å². The van der Waals surface area contributed by atoms with Crippen molar-refractivity contribution in [2.24, 2.45) is 0 Å². The zero-order valence-electron chi connectivity index (χ0n) is 15.5. The third-order valence-electron chi connectivity index (χ3n) is 3.75. The molecule has 19 heteroatoms. The van der Waals surface area contributed by atoms with Crippen LogP contribution in [0.3, 0.4) is 0 Å². The van der Waals surface area contributed by atoms with Gasteiger partial charge in [-0.1, -0.05) is 210 Å². The number of allylic oxidation sites excluding steroid dienone is 1. The molecule has 2 nitrogen and oxygen atoms in total. The average Bonchev–Trinajstić information content (AvgIpc) is 2.59. The Morgan fingerprint density at radius 2 is 0.909 bits per heavy atom. The van der Waals surface area contributed by atoms with Crippen LogP contribution in [0.1, 0.15) is 20.3 Å². The van der Waals surface area contributed by atoms with Gasteiger partial charge in [0, 0.05) is 5.57 Å². The van der Waals surface area contributed by atoms with E-state index in [0.29, 0.717) is 6.42 Å². The molecule has 33 heavy (non-hydrogen) atoms. The second kappa shape index (κ2) is 11.9. The molecule has 0 saturated heterocycles. The van der Waals surface area contributed by atoms with Crippen LogP contribution in [0.25, 0.3) is 0 Å². The molecule has 0 rings (SSSR count). The van der Waals surface area contributed by atoms with Crippen LogP contribution in [0, 0.1) is 0 Å². The lowest BCUT2D eigenvalue weighted by molar-refractivity contribution is -0.143. The highest BCUT2D eigenvalue weighted by Crippen LogP contribution is 2.72. The molecule has 0 bridgehead atoms. The normalized spacial score (nSPS) is 16.2. The van der Waals surface area contributed by atoms with Crippen molar-refractivity contribution in [3.8, 4) is 0 Å². The summed E-state index contributed by atoms with van der Waals surface area (Å²) in [5.74, 6) is -1.06. The van der Waals surface area contributed by atoms with Crippen molar-refractivity contribution in [3.63, 3.8) is 0 Å². The molecule has 0 N–H and O–H groups in total. The zero-order valence-corrected chi connectivity index (χ0v) is 28.4. The summed E-state index contributed by atoms with van der Waals surface area (Å²) >= 11 is 104. The molecule has 0 atom stereocenters. The Labute approximate surface area is 275 Å². The van der Waals surface area contributed by atoms with Crippen LogP contribution in [0.5, 0.6) is 0 Å². The number of esters is 1. The topological polar surface area (TPSA) is 26.3 Å². The monoisotopic (exact) mass is 804 g/mol. The van der Waals surface area contributed by atoms with E-state index in [1.54, 1.807) is 6.92 Å². The highest BCUT2D eigenvalue weighted by molar-refractivity contribution is 6.83. The summed E-state index contributed by atoms with van der Waals surface area (Å²) in [7, 11) is 0. The van der Waals surface area contributed by atoms with Gasteiger partial charge in [0.25, 0.3) is 4.52 Å². The van der Waals surface area contributed by atoms with Gasteiger partial charge in [-0.25, -0.2) is 4.79 Å². The molecule has 0 saturated carbocycles. The van der Waals surface area contributed by atoms with Gasteiger partial charge in [-0.15, -0.1) is 0 Å². The van der Waals surface area contributed by atoms with E-state index in [1.807, 2.05) is 0 Å². The zero-order chi connectivity index (χ0) is 27.3. The van der Waals surface area contributed by atoms with Crippen LogP contribution >= 0.6 is 197 Å². The second-order valence-corrected chi connectivity index (χ2v) is 17.6. The maximum atomic E-state index is 12.3. The maximum Gasteiger partial charge on any atom is 0.336 e. The third-order valence-corrected chi connectivity index (χ3v) is 15.0. The highest BCUT2D eigenvalue weighted by atomic mass is 35.6. The van der Waals surface area contributed by atoms with E-state index in [0.717, 1.165) is 0 Å². The smallest absolute Gasteiger partial charge is 0.336 e. The SMILES string of the molecule is CCC=C(C)C(=O)OC(Cl)(Cl)C(Cl)(Cl)C(Cl)(Cl)C(Cl)(Cl)C(Cl)(Cl)C(Cl)(Cl)C(Cl)(Cl)C(Cl)(Cl)Cl. The van der Waals surface area contributed by atoms with E-state index >= 15 is 0 Å². The molecule has 0 aromatic heterocycles. The average molecular weight is 812 g/mol. The van der Waals surface area contributed by atoms with Gasteiger partial charge in [-0.05, 0) is 13.3 Å². The molecule has 0 fully saturated rings. The second-order valence-electron chi connectivity index (χ2n) is 6.15. The summed E-state index contributed by atoms with van der Waals surface area (Å²) < 4.78 is -18.9. The Kier molecular flexibility index (Phi) is 13.4. The quantitative estimate of drug-likeness (QED) is 0.132. The molecule has 0 aliphatic heterocycles. The summed E-state index contributed by atoms with van der Waals surface area (Å²) in [6.07, 6.45) is 1.94. The highest BCUT2D eigenvalue weighted by Gasteiger charge is 2.81. The van der Waals surface area contributed by atoms with Gasteiger partial charge in [0.1, 0.15) is 0 Å². The Morgan fingerprint density at radius 1 is 0.606 bits per heavy atom. The number of carbonyl (C=O) groups excluding carboxylic acids is 1. The molecular formula is C14H9Cl17O2. The van der Waals surface area contributed by atoms with Gasteiger partial charge < -0.3 is 4.74 Å². The first-order valence-corrected chi connectivity index (χ1v) is 14.2.